The molecule has 0 aliphatic rings. The predicted molar refractivity (Wildman–Crippen MR) is 28.0 cm³/mol. The van der Waals surface area contributed by atoms with Crippen molar-refractivity contribution < 1.29 is 17.6 Å². The van der Waals surface area contributed by atoms with E-state index in [-0.39, 0.29) is 0 Å². The summed E-state index contributed by atoms with van der Waals surface area (Å²) in [6.45, 7) is 0. The van der Waals surface area contributed by atoms with Gasteiger partial charge >= 0.3 is 5.51 Å². The van der Waals surface area contributed by atoms with Crippen LogP contribution < -0.4 is 0 Å². The summed E-state index contributed by atoms with van der Waals surface area (Å²) >= 11 is 3.47. The summed E-state index contributed by atoms with van der Waals surface area (Å²) < 4.78 is 46.6. The highest BCUT2D eigenvalue weighted by Crippen LogP contribution is 2.31. The van der Waals surface area contributed by atoms with Crippen LogP contribution >= 0.6 is 23.5 Å². The van der Waals surface area contributed by atoms with Crippen LogP contribution in [0.1, 0.15) is 0 Å². The van der Waals surface area contributed by atoms with Gasteiger partial charge in [-0.1, -0.05) is 0 Å². The van der Waals surface area contributed by atoms with Crippen molar-refractivity contribution in [2.24, 2.45) is 4.40 Å². The van der Waals surface area contributed by atoms with Crippen molar-refractivity contribution in [1.82, 2.24) is 0 Å². The molecule has 54 valence electrons. The minimum absolute atomic E-state index is 0.877. The summed E-state index contributed by atoms with van der Waals surface area (Å²) in [5.74, 6) is 0. The highest BCUT2D eigenvalue weighted by molar-refractivity contribution is 7.99. The van der Waals surface area contributed by atoms with Crippen molar-refractivity contribution in [2.45, 2.75) is 5.51 Å². The molecule has 0 aromatic rings. The molecule has 0 amide bonds. The molecule has 0 fully saturated rings. The van der Waals surface area contributed by atoms with E-state index in [9.17, 15) is 17.6 Å². The predicted octanol–water partition coefficient (Wildman–Crippen LogP) is 2.72. The highest BCUT2D eigenvalue weighted by atomic mass is 35.5. The summed E-state index contributed by atoms with van der Waals surface area (Å²) in [5, 5.41) is 0. The second-order valence-electron chi connectivity index (χ2n) is 0.869. The Labute approximate surface area is 57.2 Å². The van der Waals surface area contributed by atoms with Crippen molar-refractivity contribution >= 4 is 29.0 Å². The Balaban J connectivity index is 3.64. The van der Waals surface area contributed by atoms with E-state index in [4.69, 9.17) is 0 Å². The van der Waals surface area contributed by atoms with Gasteiger partial charge in [-0.3, -0.25) is 0 Å². The number of halogens is 5. The molecular weight excluding hydrogens is 182 g/mol. The minimum atomic E-state index is -4.56. The highest BCUT2D eigenvalue weighted by Gasteiger charge is 2.29. The van der Waals surface area contributed by atoms with Crippen LogP contribution in [0.15, 0.2) is 4.40 Å². The lowest BCUT2D eigenvalue weighted by Crippen LogP contribution is -1.96. The molecule has 0 aliphatic heterocycles. The van der Waals surface area contributed by atoms with Gasteiger partial charge in [0.25, 0.3) is 5.42 Å². The molecule has 0 saturated carbocycles. The topological polar surface area (TPSA) is 12.4 Å². The van der Waals surface area contributed by atoms with Crippen LogP contribution in [0.5, 0.6) is 0 Å². The van der Waals surface area contributed by atoms with Crippen LogP contribution in [0.25, 0.3) is 0 Å². The molecule has 1 nitrogen and oxygen atoms in total. The molecule has 0 heterocycles. The summed E-state index contributed by atoms with van der Waals surface area (Å²) in [6.07, 6.45) is 0. The Morgan fingerprint density at radius 2 is 1.89 bits per heavy atom. The lowest BCUT2D eigenvalue weighted by atomic mass is 11.6. The standard InChI is InChI=1S/C2ClF4NS/c3-1(4)8-9-2(5,6)7/b8-1-. The zero-order valence-corrected chi connectivity index (χ0v) is 5.32. The average Bonchev–Trinajstić information content (AvgIpc) is 1.59. The Kier molecular flexibility index (Phi) is 3.27. The van der Waals surface area contributed by atoms with E-state index in [0.717, 1.165) is 0 Å². The van der Waals surface area contributed by atoms with E-state index in [0.29, 0.717) is 0 Å². The summed E-state index contributed by atoms with van der Waals surface area (Å²) in [5.41, 5.74) is -6.18. The van der Waals surface area contributed by atoms with Crippen LogP contribution in [-0.2, 0) is 0 Å². The maximum absolute atomic E-state index is 11.2. The van der Waals surface area contributed by atoms with E-state index >= 15 is 0 Å². The molecule has 0 atom stereocenters. The molecule has 0 rings (SSSR count). The van der Waals surface area contributed by atoms with Crippen molar-refractivity contribution in [3.8, 4) is 0 Å². The first kappa shape index (κ1) is 9.03. The monoisotopic (exact) mass is 181 g/mol. The fraction of sp³-hybridized carbons (Fsp3) is 0.500. The molecule has 0 spiro atoms. The summed E-state index contributed by atoms with van der Waals surface area (Å²) in [6, 6.07) is 0. The van der Waals surface area contributed by atoms with Gasteiger partial charge in [0, 0.05) is 0 Å². The number of hydrogen-bond donors (Lipinski definition) is 0. The van der Waals surface area contributed by atoms with Crippen LogP contribution in [0, 0.1) is 0 Å². The van der Waals surface area contributed by atoms with Crippen molar-refractivity contribution in [2.75, 3.05) is 0 Å². The summed E-state index contributed by atoms with van der Waals surface area (Å²) in [7, 11) is 0. The first-order valence-electron chi connectivity index (χ1n) is 1.56. The van der Waals surface area contributed by atoms with Crippen LogP contribution in [0.3, 0.4) is 0 Å². The normalized spacial score (nSPS) is 14.1. The number of hydrogen-bond acceptors (Lipinski definition) is 2. The second-order valence-corrected chi connectivity index (χ2v) is 2.01. The molecule has 0 bridgehead atoms. The molecule has 0 saturated heterocycles. The second kappa shape index (κ2) is 3.26. The molecule has 0 aromatic heterocycles. The van der Waals surface area contributed by atoms with Gasteiger partial charge in [-0.05, 0) is 11.6 Å². The van der Waals surface area contributed by atoms with Gasteiger partial charge in [0.2, 0.25) is 0 Å². The van der Waals surface area contributed by atoms with E-state index in [1.807, 2.05) is 0 Å². The van der Waals surface area contributed by atoms with Crippen molar-refractivity contribution in [3.05, 3.63) is 0 Å². The largest absolute Gasteiger partial charge is 0.463 e. The van der Waals surface area contributed by atoms with E-state index in [2.05, 4.69) is 16.0 Å². The zero-order chi connectivity index (χ0) is 7.49. The van der Waals surface area contributed by atoms with Gasteiger partial charge in [0.05, 0.1) is 11.9 Å². The van der Waals surface area contributed by atoms with Crippen LogP contribution in [-0.4, -0.2) is 10.9 Å². The SMILES string of the molecule is F/C(Cl)=N\SC(F)(F)F. The minimum Gasteiger partial charge on any atom is -0.170 e. The van der Waals surface area contributed by atoms with Gasteiger partial charge in [-0.15, -0.1) is 0 Å². The smallest absolute Gasteiger partial charge is 0.170 e. The Hall–Kier alpha value is 0.0300. The van der Waals surface area contributed by atoms with Crippen molar-refractivity contribution in [3.63, 3.8) is 0 Å². The van der Waals surface area contributed by atoms with E-state index in [1.165, 1.54) is 0 Å². The fourth-order valence-electron chi connectivity index (χ4n) is 0.0863. The zero-order valence-electron chi connectivity index (χ0n) is 3.75. The number of alkyl halides is 3. The first-order valence-corrected chi connectivity index (χ1v) is 2.71. The fourth-order valence-corrected chi connectivity index (χ4v) is 0.362. The van der Waals surface area contributed by atoms with Gasteiger partial charge in [0.15, 0.2) is 0 Å². The maximum atomic E-state index is 11.2. The third-order valence-electron chi connectivity index (χ3n) is 0.218. The van der Waals surface area contributed by atoms with Gasteiger partial charge in [-0.25, -0.2) is 0 Å². The van der Waals surface area contributed by atoms with E-state index < -0.39 is 22.9 Å². The van der Waals surface area contributed by atoms with Crippen LogP contribution in [0.4, 0.5) is 17.6 Å². The van der Waals surface area contributed by atoms with Gasteiger partial charge < -0.3 is 0 Å². The maximum Gasteiger partial charge on any atom is 0.463 e. The quantitative estimate of drug-likeness (QED) is 0.344. The van der Waals surface area contributed by atoms with Gasteiger partial charge in [-0.2, -0.15) is 22.0 Å². The summed E-state index contributed by atoms with van der Waals surface area (Å²) in [4.78, 5) is 0. The number of rotatable bonds is 1. The molecular formula is C2ClF4NS. The van der Waals surface area contributed by atoms with Gasteiger partial charge in [0.1, 0.15) is 0 Å². The van der Waals surface area contributed by atoms with Crippen LogP contribution in [0.2, 0.25) is 0 Å². The lowest BCUT2D eigenvalue weighted by molar-refractivity contribution is -0.0327. The third kappa shape index (κ3) is 8.03. The average molecular weight is 182 g/mol. The third-order valence-corrected chi connectivity index (χ3v) is 0.861. The molecule has 9 heavy (non-hydrogen) atoms. The Morgan fingerprint density at radius 1 is 1.44 bits per heavy atom. The molecule has 7 heteroatoms. The molecule has 0 aromatic carbocycles. The Bertz CT molecular complexity index is 116. The van der Waals surface area contributed by atoms with Crippen molar-refractivity contribution in [1.29, 1.82) is 0 Å². The number of nitrogens with zero attached hydrogens (tertiary/aromatic N) is 1. The molecule has 0 unspecified atom stereocenters. The van der Waals surface area contributed by atoms with E-state index in [1.54, 1.807) is 0 Å². The Morgan fingerprint density at radius 3 is 2.00 bits per heavy atom. The molecule has 0 N–H and O–H groups in total. The molecule has 0 aliphatic carbocycles. The first-order chi connectivity index (χ1) is 3.92. The lowest BCUT2D eigenvalue weighted by Gasteiger charge is -1.96. The molecule has 0 radical (unpaired) electrons.